The molecule has 0 aromatic heterocycles. The molecule has 0 heterocycles. The summed E-state index contributed by atoms with van der Waals surface area (Å²) in [6.45, 7) is 0.0589. The molecular weight excluding hydrogens is 389 g/mol. The third-order valence-electron chi connectivity index (χ3n) is 5.10. The van der Waals surface area contributed by atoms with Crippen molar-refractivity contribution in [2.45, 2.75) is 5.92 Å². The molecule has 0 bridgehead atoms. The summed E-state index contributed by atoms with van der Waals surface area (Å²) < 4.78 is 24.5. The number of carbonyl (C=O) groups excluding carboxylic acids is 1. The topological polar surface area (TPSA) is 84.9 Å². The van der Waals surface area contributed by atoms with Crippen LogP contribution in [0, 0.1) is 5.82 Å². The number of carboxylic acid groups (broad SMARTS) is 1. The number of amides is 1. The van der Waals surface area contributed by atoms with E-state index in [0.29, 0.717) is 0 Å². The molecule has 30 heavy (non-hydrogen) atoms. The third-order valence-corrected chi connectivity index (χ3v) is 5.10. The fraction of sp³-hybridized carbons (Fsp3) is 0.130. The lowest BCUT2D eigenvalue weighted by atomic mass is 9.98. The SMILES string of the molecule is COc1cc(F)c(NC(=O)OCC2c3ccccc3-c3ccccc32)cc1C(=O)O. The van der Waals surface area contributed by atoms with Gasteiger partial charge in [-0.3, -0.25) is 5.32 Å². The van der Waals surface area contributed by atoms with Crippen LogP contribution < -0.4 is 10.1 Å². The molecule has 3 aromatic rings. The largest absolute Gasteiger partial charge is 0.496 e. The van der Waals surface area contributed by atoms with Gasteiger partial charge in [-0.15, -0.1) is 0 Å². The molecule has 0 radical (unpaired) electrons. The van der Waals surface area contributed by atoms with Gasteiger partial charge in [0.2, 0.25) is 0 Å². The van der Waals surface area contributed by atoms with E-state index in [1.807, 2.05) is 48.5 Å². The fourth-order valence-electron chi connectivity index (χ4n) is 3.73. The van der Waals surface area contributed by atoms with Gasteiger partial charge in [0.25, 0.3) is 0 Å². The lowest BCUT2D eigenvalue weighted by Crippen LogP contribution is -2.19. The summed E-state index contributed by atoms with van der Waals surface area (Å²) in [5, 5.41) is 11.5. The predicted octanol–water partition coefficient (Wildman–Crippen LogP) is 4.89. The number of halogens is 1. The second kappa shape index (κ2) is 7.87. The second-order valence-electron chi connectivity index (χ2n) is 6.79. The molecule has 0 saturated heterocycles. The van der Waals surface area contributed by atoms with Gasteiger partial charge in [-0.25, -0.2) is 14.0 Å². The standard InChI is InChI=1S/C23H18FNO5/c1-29-21-11-19(24)20(10-17(21)22(26)27)25-23(28)30-12-18-15-8-4-2-6-13(15)14-7-3-5-9-16(14)18/h2-11,18H,12H2,1H3,(H,25,28)(H,26,27). The predicted molar refractivity (Wildman–Crippen MR) is 109 cm³/mol. The molecular formula is C23H18FNO5. The van der Waals surface area contributed by atoms with Crippen LogP contribution in [0.1, 0.15) is 27.4 Å². The molecule has 7 heteroatoms. The molecule has 2 N–H and O–H groups in total. The summed E-state index contributed by atoms with van der Waals surface area (Å²) in [6, 6.07) is 17.7. The van der Waals surface area contributed by atoms with Crippen molar-refractivity contribution in [3.8, 4) is 16.9 Å². The van der Waals surface area contributed by atoms with Gasteiger partial charge in [0, 0.05) is 12.0 Å². The van der Waals surface area contributed by atoms with E-state index < -0.39 is 17.9 Å². The van der Waals surface area contributed by atoms with Crippen molar-refractivity contribution >= 4 is 17.7 Å². The zero-order chi connectivity index (χ0) is 21.3. The first kappa shape index (κ1) is 19.4. The molecule has 3 aromatic carbocycles. The minimum Gasteiger partial charge on any atom is -0.496 e. The Labute approximate surface area is 171 Å². The second-order valence-corrected chi connectivity index (χ2v) is 6.79. The summed E-state index contributed by atoms with van der Waals surface area (Å²) in [5.41, 5.74) is 3.72. The zero-order valence-electron chi connectivity index (χ0n) is 16.0. The number of hydrogen-bond donors (Lipinski definition) is 2. The Morgan fingerprint density at radius 3 is 2.20 bits per heavy atom. The molecule has 1 amide bonds. The Hall–Kier alpha value is -3.87. The highest BCUT2D eigenvalue weighted by atomic mass is 19.1. The lowest BCUT2D eigenvalue weighted by molar-refractivity contribution is 0.0693. The monoisotopic (exact) mass is 407 g/mol. The van der Waals surface area contributed by atoms with Crippen LogP contribution >= 0.6 is 0 Å². The smallest absolute Gasteiger partial charge is 0.411 e. The van der Waals surface area contributed by atoms with Gasteiger partial charge in [-0.1, -0.05) is 48.5 Å². The molecule has 4 rings (SSSR count). The van der Waals surface area contributed by atoms with Crippen LogP contribution in [-0.2, 0) is 4.74 Å². The number of carboxylic acids is 1. The minimum absolute atomic E-state index is 0.0589. The van der Waals surface area contributed by atoms with Crippen molar-refractivity contribution in [3.05, 3.63) is 83.2 Å². The van der Waals surface area contributed by atoms with Gasteiger partial charge < -0.3 is 14.6 Å². The maximum Gasteiger partial charge on any atom is 0.411 e. The maximum atomic E-state index is 14.2. The lowest BCUT2D eigenvalue weighted by Gasteiger charge is -2.15. The van der Waals surface area contributed by atoms with Crippen molar-refractivity contribution in [1.29, 1.82) is 0 Å². The summed E-state index contributed by atoms with van der Waals surface area (Å²) in [7, 11) is 1.24. The van der Waals surface area contributed by atoms with Crippen LogP contribution in [0.25, 0.3) is 11.1 Å². The summed E-state index contributed by atoms with van der Waals surface area (Å²) in [4.78, 5) is 23.6. The van der Waals surface area contributed by atoms with E-state index in [1.54, 1.807) is 0 Å². The van der Waals surface area contributed by atoms with Crippen LogP contribution in [0.2, 0.25) is 0 Å². The number of rotatable bonds is 5. The van der Waals surface area contributed by atoms with Crippen molar-refractivity contribution in [2.75, 3.05) is 19.0 Å². The fourth-order valence-corrected chi connectivity index (χ4v) is 3.73. The van der Waals surface area contributed by atoms with Crippen LogP contribution in [0.4, 0.5) is 14.9 Å². The Morgan fingerprint density at radius 1 is 1.03 bits per heavy atom. The number of nitrogens with one attached hydrogen (secondary N) is 1. The molecule has 0 aliphatic heterocycles. The number of carbonyl (C=O) groups is 2. The highest BCUT2D eigenvalue weighted by Gasteiger charge is 2.29. The zero-order valence-corrected chi connectivity index (χ0v) is 16.0. The first-order chi connectivity index (χ1) is 14.5. The van der Waals surface area contributed by atoms with Crippen molar-refractivity contribution in [1.82, 2.24) is 0 Å². The molecule has 1 aliphatic rings. The van der Waals surface area contributed by atoms with Crippen LogP contribution in [0.5, 0.6) is 5.75 Å². The number of hydrogen-bond acceptors (Lipinski definition) is 4. The normalized spacial score (nSPS) is 12.1. The summed E-state index contributed by atoms with van der Waals surface area (Å²) in [5.74, 6) is -2.41. The Bertz CT molecular complexity index is 1100. The van der Waals surface area contributed by atoms with Gasteiger partial charge in [-0.05, 0) is 28.3 Å². The van der Waals surface area contributed by atoms with Crippen LogP contribution in [0.15, 0.2) is 60.7 Å². The van der Waals surface area contributed by atoms with Crippen molar-refractivity contribution in [2.24, 2.45) is 0 Å². The minimum atomic E-state index is -1.30. The third kappa shape index (κ3) is 3.45. The molecule has 152 valence electrons. The number of methoxy groups -OCH3 is 1. The average Bonchev–Trinajstić information content (AvgIpc) is 3.07. The first-order valence-corrected chi connectivity index (χ1v) is 9.22. The first-order valence-electron chi connectivity index (χ1n) is 9.22. The average molecular weight is 407 g/mol. The Kier molecular flexibility index (Phi) is 5.10. The highest BCUT2D eigenvalue weighted by molar-refractivity contribution is 5.94. The van der Waals surface area contributed by atoms with Crippen molar-refractivity contribution in [3.63, 3.8) is 0 Å². The number of fused-ring (bicyclic) bond motifs is 3. The van der Waals surface area contributed by atoms with E-state index in [2.05, 4.69) is 5.32 Å². The quantitative estimate of drug-likeness (QED) is 0.629. The molecule has 0 fully saturated rings. The number of anilines is 1. The van der Waals surface area contributed by atoms with E-state index in [1.165, 1.54) is 7.11 Å². The van der Waals surface area contributed by atoms with Gasteiger partial charge >= 0.3 is 12.1 Å². The molecule has 0 atom stereocenters. The number of aromatic carboxylic acids is 1. The van der Waals surface area contributed by atoms with Crippen molar-refractivity contribution < 1.29 is 28.6 Å². The van der Waals surface area contributed by atoms with Gasteiger partial charge in [0.15, 0.2) is 5.82 Å². The summed E-state index contributed by atoms with van der Waals surface area (Å²) >= 11 is 0. The highest BCUT2D eigenvalue weighted by Crippen LogP contribution is 2.44. The Morgan fingerprint density at radius 2 is 1.63 bits per heavy atom. The molecule has 0 spiro atoms. The summed E-state index contributed by atoms with van der Waals surface area (Å²) in [6.07, 6.45) is -0.878. The van der Waals surface area contributed by atoms with E-state index in [-0.39, 0.29) is 29.5 Å². The van der Waals surface area contributed by atoms with Crippen LogP contribution in [0.3, 0.4) is 0 Å². The van der Waals surface area contributed by atoms with Crippen LogP contribution in [-0.4, -0.2) is 30.9 Å². The van der Waals surface area contributed by atoms with E-state index >= 15 is 0 Å². The van der Waals surface area contributed by atoms with E-state index in [0.717, 1.165) is 34.4 Å². The van der Waals surface area contributed by atoms with E-state index in [9.17, 15) is 19.1 Å². The van der Waals surface area contributed by atoms with Gasteiger partial charge in [0.1, 0.15) is 17.9 Å². The van der Waals surface area contributed by atoms with Gasteiger partial charge in [0.05, 0.1) is 12.8 Å². The Balaban J connectivity index is 1.51. The molecule has 6 nitrogen and oxygen atoms in total. The molecule has 1 aliphatic carbocycles. The number of ether oxygens (including phenoxy) is 2. The van der Waals surface area contributed by atoms with E-state index in [4.69, 9.17) is 9.47 Å². The molecule has 0 saturated carbocycles. The molecule has 0 unspecified atom stereocenters. The maximum absolute atomic E-state index is 14.2. The number of benzene rings is 3. The van der Waals surface area contributed by atoms with Gasteiger partial charge in [-0.2, -0.15) is 0 Å².